The SMILES string of the molecule is CCOC(=O)c1cn2c3c(c(F)c(F)cc3c1=O)CCC2CCl. The lowest BCUT2D eigenvalue weighted by molar-refractivity contribution is 0.0524. The molecule has 0 bridgehead atoms. The Morgan fingerprint density at radius 2 is 2.22 bits per heavy atom. The van der Waals surface area contributed by atoms with Crippen molar-refractivity contribution < 1.29 is 18.3 Å². The smallest absolute Gasteiger partial charge is 0.343 e. The molecule has 2 aromatic rings. The van der Waals surface area contributed by atoms with E-state index in [9.17, 15) is 18.4 Å². The van der Waals surface area contributed by atoms with E-state index >= 15 is 0 Å². The van der Waals surface area contributed by atoms with Gasteiger partial charge in [-0.05, 0) is 25.8 Å². The topological polar surface area (TPSA) is 48.3 Å². The number of aryl methyl sites for hydroxylation is 1. The number of nitrogens with zero attached hydrogens (tertiary/aromatic N) is 1. The zero-order valence-electron chi connectivity index (χ0n) is 12.4. The second kappa shape index (κ2) is 5.92. The van der Waals surface area contributed by atoms with Crippen LogP contribution in [0.3, 0.4) is 0 Å². The van der Waals surface area contributed by atoms with Crippen LogP contribution < -0.4 is 5.43 Å². The molecule has 0 radical (unpaired) electrons. The molecule has 1 aromatic heterocycles. The normalized spacial score (nSPS) is 16.6. The Kier molecular flexibility index (Phi) is 4.10. The Morgan fingerprint density at radius 3 is 2.87 bits per heavy atom. The van der Waals surface area contributed by atoms with E-state index in [0.29, 0.717) is 11.9 Å². The van der Waals surface area contributed by atoms with Crippen molar-refractivity contribution in [2.45, 2.75) is 25.8 Å². The van der Waals surface area contributed by atoms with Crippen molar-refractivity contribution in [3.63, 3.8) is 0 Å². The minimum Gasteiger partial charge on any atom is -0.462 e. The lowest BCUT2D eigenvalue weighted by Gasteiger charge is -2.28. The van der Waals surface area contributed by atoms with Crippen LogP contribution in [-0.4, -0.2) is 23.0 Å². The van der Waals surface area contributed by atoms with Gasteiger partial charge in [0.25, 0.3) is 0 Å². The number of hydrogen-bond donors (Lipinski definition) is 0. The molecular weight excluding hydrogens is 328 g/mol. The lowest BCUT2D eigenvalue weighted by Crippen LogP contribution is -2.27. The third-order valence-corrected chi connectivity index (χ3v) is 4.45. The minimum atomic E-state index is -1.10. The average molecular weight is 342 g/mol. The number of halogens is 3. The number of carbonyl (C=O) groups is 1. The molecule has 1 aliphatic rings. The van der Waals surface area contributed by atoms with Gasteiger partial charge in [0.05, 0.1) is 12.1 Å². The van der Waals surface area contributed by atoms with Crippen molar-refractivity contribution in [1.82, 2.24) is 4.57 Å². The second-order valence-electron chi connectivity index (χ2n) is 5.39. The summed E-state index contributed by atoms with van der Waals surface area (Å²) in [6.07, 6.45) is 2.13. The zero-order valence-corrected chi connectivity index (χ0v) is 13.1. The summed E-state index contributed by atoms with van der Waals surface area (Å²) in [5.74, 6) is -2.60. The number of carbonyl (C=O) groups excluding carboxylic acids is 1. The van der Waals surface area contributed by atoms with Crippen molar-refractivity contribution >= 4 is 28.5 Å². The molecule has 1 atom stereocenters. The molecule has 1 aliphatic heterocycles. The van der Waals surface area contributed by atoms with Gasteiger partial charge in [0, 0.05) is 29.1 Å². The fourth-order valence-corrected chi connectivity index (χ4v) is 3.32. The molecule has 0 saturated carbocycles. The van der Waals surface area contributed by atoms with Crippen molar-refractivity contribution in [2.75, 3.05) is 12.5 Å². The van der Waals surface area contributed by atoms with Crippen LogP contribution in [0.4, 0.5) is 8.78 Å². The molecule has 2 heterocycles. The fourth-order valence-electron chi connectivity index (χ4n) is 3.02. The van der Waals surface area contributed by atoms with Gasteiger partial charge in [0.2, 0.25) is 5.43 Å². The number of hydrogen-bond acceptors (Lipinski definition) is 3. The molecule has 4 nitrogen and oxygen atoms in total. The van der Waals surface area contributed by atoms with Gasteiger partial charge in [0.15, 0.2) is 11.6 Å². The van der Waals surface area contributed by atoms with Gasteiger partial charge in [-0.2, -0.15) is 0 Å². The molecular formula is C16H14ClF2NO3. The van der Waals surface area contributed by atoms with Crippen molar-refractivity contribution in [2.24, 2.45) is 0 Å². The van der Waals surface area contributed by atoms with Crippen LogP contribution in [0.1, 0.15) is 35.3 Å². The maximum atomic E-state index is 14.1. The Hall–Kier alpha value is -1.95. The molecule has 0 spiro atoms. The molecule has 0 amide bonds. The van der Waals surface area contributed by atoms with Crippen LogP contribution >= 0.6 is 11.6 Å². The Bertz CT molecular complexity index is 863. The summed E-state index contributed by atoms with van der Waals surface area (Å²) in [4.78, 5) is 24.5. The first-order valence-corrected chi connectivity index (χ1v) is 7.81. The summed E-state index contributed by atoms with van der Waals surface area (Å²) < 4.78 is 34.4. The van der Waals surface area contributed by atoms with Crippen LogP contribution in [0.2, 0.25) is 0 Å². The van der Waals surface area contributed by atoms with Gasteiger partial charge in [-0.15, -0.1) is 11.6 Å². The molecule has 1 aromatic carbocycles. The van der Waals surface area contributed by atoms with E-state index in [1.165, 1.54) is 6.20 Å². The summed E-state index contributed by atoms with van der Waals surface area (Å²) in [6.45, 7) is 1.73. The molecule has 23 heavy (non-hydrogen) atoms. The molecule has 122 valence electrons. The van der Waals surface area contributed by atoms with Gasteiger partial charge >= 0.3 is 5.97 Å². The number of alkyl halides is 1. The van der Waals surface area contributed by atoms with Gasteiger partial charge in [0.1, 0.15) is 5.56 Å². The fraction of sp³-hybridized carbons (Fsp3) is 0.375. The number of aromatic nitrogens is 1. The number of pyridine rings is 1. The maximum Gasteiger partial charge on any atom is 0.343 e. The highest BCUT2D eigenvalue weighted by molar-refractivity contribution is 6.18. The summed E-state index contributed by atoms with van der Waals surface area (Å²) in [6, 6.07) is 0.636. The Labute approximate surface area is 135 Å². The molecule has 0 saturated heterocycles. The van der Waals surface area contributed by atoms with Crippen molar-refractivity contribution in [1.29, 1.82) is 0 Å². The highest BCUT2D eigenvalue weighted by Gasteiger charge is 2.28. The standard InChI is InChI=1S/C16H14ClF2NO3/c1-2-23-16(22)11-7-20-8(6-17)3-4-9-13(19)12(18)5-10(14(9)20)15(11)21/h5,7-8H,2-4,6H2,1H3. The summed E-state index contributed by atoms with van der Waals surface area (Å²) in [7, 11) is 0. The minimum absolute atomic E-state index is 0.0285. The zero-order chi connectivity index (χ0) is 16.7. The molecule has 3 rings (SSSR count). The van der Waals surface area contributed by atoms with Crippen LogP contribution in [0, 0.1) is 11.6 Å². The predicted molar refractivity (Wildman–Crippen MR) is 82.2 cm³/mol. The molecule has 7 heteroatoms. The van der Waals surface area contributed by atoms with E-state index in [2.05, 4.69) is 0 Å². The van der Waals surface area contributed by atoms with Crippen molar-refractivity contribution in [3.8, 4) is 0 Å². The van der Waals surface area contributed by atoms with E-state index in [0.717, 1.165) is 6.07 Å². The third-order valence-electron chi connectivity index (χ3n) is 4.10. The van der Waals surface area contributed by atoms with E-state index in [4.69, 9.17) is 16.3 Å². The Morgan fingerprint density at radius 1 is 1.48 bits per heavy atom. The first kappa shape index (κ1) is 15.9. The highest BCUT2D eigenvalue weighted by atomic mass is 35.5. The monoisotopic (exact) mass is 341 g/mol. The van der Waals surface area contributed by atoms with Gasteiger partial charge < -0.3 is 9.30 Å². The van der Waals surface area contributed by atoms with Crippen LogP contribution in [0.5, 0.6) is 0 Å². The largest absolute Gasteiger partial charge is 0.462 e. The predicted octanol–water partition coefficient (Wildman–Crippen LogP) is 3.18. The molecule has 1 unspecified atom stereocenters. The van der Waals surface area contributed by atoms with E-state index in [1.807, 2.05) is 0 Å². The number of rotatable bonds is 3. The summed E-state index contributed by atoms with van der Waals surface area (Å²) in [5.41, 5.74) is -0.411. The quantitative estimate of drug-likeness (QED) is 0.636. The molecule has 0 N–H and O–H groups in total. The lowest BCUT2D eigenvalue weighted by atomic mass is 9.95. The number of esters is 1. The number of ether oxygens (including phenoxy) is 1. The highest BCUT2D eigenvalue weighted by Crippen LogP contribution is 2.33. The van der Waals surface area contributed by atoms with E-state index < -0.39 is 23.0 Å². The van der Waals surface area contributed by atoms with Gasteiger partial charge in [-0.3, -0.25) is 4.79 Å². The summed E-state index contributed by atoms with van der Waals surface area (Å²) >= 11 is 5.95. The third kappa shape index (κ3) is 2.41. The first-order chi connectivity index (χ1) is 11.0. The van der Waals surface area contributed by atoms with E-state index in [1.54, 1.807) is 11.5 Å². The summed E-state index contributed by atoms with van der Waals surface area (Å²) in [5, 5.41) is -0.0285. The maximum absolute atomic E-state index is 14.1. The Balaban J connectivity index is 2.41. The second-order valence-corrected chi connectivity index (χ2v) is 5.70. The van der Waals surface area contributed by atoms with Gasteiger partial charge in [-0.1, -0.05) is 0 Å². The molecule has 0 fully saturated rings. The number of benzene rings is 1. The average Bonchev–Trinajstić information content (AvgIpc) is 2.54. The van der Waals surface area contributed by atoms with Crippen LogP contribution in [-0.2, 0) is 11.2 Å². The first-order valence-electron chi connectivity index (χ1n) is 7.28. The van der Waals surface area contributed by atoms with Gasteiger partial charge in [-0.25, -0.2) is 13.6 Å². The van der Waals surface area contributed by atoms with Crippen LogP contribution in [0.25, 0.3) is 10.9 Å². The van der Waals surface area contributed by atoms with E-state index in [-0.39, 0.29) is 41.5 Å². The van der Waals surface area contributed by atoms with Crippen molar-refractivity contribution in [3.05, 3.63) is 45.2 Å². The van der Waals surface area contributed by atoms with Crippen LogP contribution in [0.15, 0.2) is 17.1 Å². The molecule has 0 aliphatic carbocycles.